The molecule has 0 radical (unpaired) electrons. The first-order valence-electron chi connectivity index (χ1n) is 5.52. The first-order valence-corrected chi connectivity index (χ1v) is 5.52. The Hall–Kier alpha value is -2.30. The number of amides is 1. The van der Waals surface area contributed by atoms with Crippen molar-refractivity contribution >= 4 is 5.91 Å². The maximum atomic E-state index is 13.2. The van der Waals surface area contributed by atoms with Crippen molar-refractivity contribution in [2.45, 2.75) is 13.3 Å². The third-order valence-corrected chi connectivity index (χ3v) is 2.66. The molecule has 2 rings (SSSR count). The second-order valence-corrected chi connectivity index (χ2v) is 3.80. The highest BCUT2D eigenvalue weighted by molar-refractivity contribution is 5.94. The molecule has 92 valence electrons. The van der Waals surface area contributed by atoms with Gasteiger partial charge in [0, 0.05) is 18.0 Å². The summed E-state index contributed by atoms with van der Waals surface area (Å²) in [6.45, 7) is 1.89. The SMILES string of the molecule is CCc1c(-c2cncc(F)c2)ccnc1C(N)=O. The molecule has 0 aromatic carbocycles. The number of nitrogens with two attached hydrogens (primary N) is 1. The average molecular weight is 245 g/mol. The molecule has 0 aliphatic rings. The number of primary amides is 1. The van der Waals surface area contributed by atoms with Crippen LogP contribution in [0.1, 0.15) is 23.0 Å². The highest BCUT2D eigenvalue weighted by Crippen LogP contribution is 2.25. The summed E-state index contributed by atoms with van der Waals surface area (Å²) >= 11 is 0. The van der Waals surface area contributed by atoms with Crippen molar-refractivity contribution in [3.63, 3.8) is 0 Å². The molecule has 0 unspecified atom stereocenters. The van der Waals surface area contributed by atoms with E-state index in [9.17, 15) is 9.18 Å². The number of rotatable bonds is 3. The summed E-state index contributed by atoms with van der Waals surface area (Å²) in [6.07, 6.45) is 4.74. The van der Waals surface area contributed by atoms with Crippen LogP contribution in [0.25, 0.3) is 11.1 Å². The molecule has 5 heteroatoms. The zero-order chi connectivity index (χ0) is 13.1. The van der Waals surface area contributed by atoms with Crippen molar-refractivity contribution in [2.24, 2.45) is 5.73 Å². The third kappa shape index (κ3) is 2.20. The Morgan fingerprint density at radius 3 is 2.83 bits per heavy atom. The van der Waals surface area contributed by atoms with Crippen molar-refractivity contribution < 1.29 is 9.18 Å². The maximum Gasteiger partial charge on any atom is 0.267 e. The summed E-state index contributed by atoms with van der Waals surface area (Å²) in [5.74, 6) is -1.01. The minimum Gasteiger partial charge on any atom is -0.364 e. The minimum absolute atomic E-state index is 0.222. The first-order chi connectivity index (χ1) is 8.63. The van der Waals surface area contributed by atoms with Crippen molar-refractivity contribution in [2.75, 3.05) is 0 Å². The smallest absolute Gasteiger partial charge is 0.267 e. The molecule has 4 nitrogen and oxygen atoms in total. The lowest BCUT2D eigenvalue weighted by Crippen LogP contribution is -2.16. The Morgan fingerprint density at radius 1 is 1.44 bits per heavy atom. The van der Waals surface area contributed by atoms with Gasteiger partial charge in [0.15, 0.2) is 0 Å². The van der Waals surface area contributed by atoms with E-state index in [-0.39, 0.29) is 5.69 Å². The third-order valence-electron chi connectivity index (χ3n) is 2.66. The molecular weight excluding hydrogens is 233 g/mol. The molecule has 0 bridgehead atoms. The second-order valence-electron chi connectivity index (χ2n) is 3.80. The van der Waals surface area contributed by atoms with E-state index in [0.29, 0.717) is 17.5 Å². The van der Waals surface area contributed by atoms with Crippen LogP contribution >= 0.6 is 0 Å². The van der Waals surface area contributed by atoms with E-state index in [2.05, 4.69) is 9.97 Å². The summed E-state index contributed by atoms with van der Waals surface area (Å²) in [5, 5.41) is 0. The standard InChI is InChI=1S/C13H12FN3O/c1-2-10-11(3-4-17-12(10)13(15)18)8-5-9(14)7-16-6-8/h3-7H,2H2,1H3,(H2,15,18). The van der Waals surface area contributed by atoms with Gasteiger partial charge in [-0.2, -0.15) is 0 Å². The van der Waals surface area contributed by atoms with E-state index in [1.165, 1.54) is 12.3 Å². The van der Waals surface area contributed by atoms with Crippen LogP contribution in [0.2, 0.25) is 0 Å². The molecule has 2 aromatic heterocycles. The number of carbonyl (C=O) groups excluding carboxylic acids is 1. The number of pyridine rings is 2. The van der Waals surface area contributed by atoms with Gasteiger partial charge in [0.2, 0.25) is 0 Å². The highest BCUT2D eigenvalue weighted by atomic mass is 19.1. The van der Waals surface area contributed by atoms with Crippen LogP contribution in [0.3, 0.4) is 0 Å². The van der Waals surface area contributed by atoms with Gasteiger partial charge in [0.25, 0.3) is 5.91 Å². The molecule has 0 aliphatic heterocycles. The topological polar surface area (TPSA) is 68.9 Å². The molecule has 2 aromatic rings. The molecule has 2 N–H and O–H groups in total. The fraction of sp³-hybridized carbons (Fsp3) is 0.154. The lowest BCUT2D eigenvalue weighted by molar-refractivity contribution is 0.0994. The molecule has 0 atom stereocenters. The van der Waals surface area contributed by atoms with Crippen LogP contribution in [0, 0.1) is 5.82 Å². The van der Waals surface area contributed by atoms with Crippen molar-refractivity contribution in [3.05, 3.63) is 47.8 Å². The summed E-state index contributed by atoms with van der Waals surface area (Å²) < 4.78 is 13.2. The summed E-state index contributed by atoms with van der Waals surface area (Å²) in [5.41, 5.74) is 7.54. The molecule has 0 saturated carbocycles. The largest absolute Gasteiger partial charge is 0.364 e. The Labute approximate surface area is 104 Å². The second kappa shape index (κ2) is 4.91. The van der Waals surface area contributed by atoms with Gasteiger partial charge in [-0.15, -0.1) is 0 Å². The van der Waals surface area contributed by atoms with Gasteiger partial charge < -0.3 is 5.73 Å². The van der Waals surface area contributed by atoms with Gasteiger partial charge in [0.1, 0.15) is 11.5 Å². The minimum atomic E-state index is -0.585. The van der Waals surface area contributed by atoms with Crippen molar-refractivity contribution in [1.29, 1.82) is 0 Å². The highest BCUT2D eigenvalue weighted by Gasteiger charge is 2.14. The van der Waals surface area contributed by atoms with E-state index >= 15 is 0 Å². The average Bonchev–Trinajstić information content (AvgIpc) is 2.37. The number of halogens is 1. The van der Waals surface area contributed by atoms with Crippen LogP contribution in [-0.2, 0) is 6.42 Å². The summed E-state index contributed by atoms with van der Waals surface area (Å²) in [4.78, 5) is 19.1. The molecule has 0 saturated heterocycles. The quantitative estimate of drug-likeness (QED) is 0.898. The predicted octanol–water partition coefficient (Wildman–Crippen LogP) is 1.94. The summed E-state index contributed by atoms with van der Waals surface area (Å²) in [7, 11) is 0. The number of hydrogen-bond acceptors (Lipinski definition) is 3. The predicted molar refractivity (Wildman–Crippen MR) is 65.3 cm³/mol. The maximum absolute atomic E-state index is 13.2. The number of carbonyl (C=O) groups is 1. The molecule has 18 heavy (non-hydrogen) atoms. The normalized spacial score (nSPS) is 10.3. The van der Waals surface area contributed by atoms with Crippen LogP contribution in [0.5, 0.6) is 0 Å². The van der Waals surface area contributed by atoms with E-state index in [1.54, 1.807) is 12.3 Å². The Morgan fingerprint density at radius 2 is 2.22 bits per heavy atom. The van der Waals surface area contributed by atoms with Crippen LogP contribution in [0.4, 0.5) is 4.39 Å². The van der Waals surface area contributed by atoms with Gasteiger partial charge in [-0.05, 0) is 29.7 Å². The van der Waals surface area contributed by atoms with Gasteiger partial charge in [-0.1, -0.05) is 6.92 Å². The zero-order valence-electron chi connectivity index (χ0n) is 9.85. The van der Waals surface area contributed by atoms with Gasteiger partial charge in [-0.3, -0.25) is 14.8 Å². The number of nitrogens with zero attached hydrogens (tertiary/aromatic N) is 2. The van der Waals surface area contributed by atoms with E-state index in [1.807, 2.05) is 6.92 Å². The molecule has 0 aliphatic carbocycles. The van der Waals surface area contributed by atoms with Gasteiger partial charge in [0.05, 0.1) is 6.20 Å². The van der Waals surface area contributed by atoms with Crippen LogP contribution in [-0.4, -0.2) is 15.9 Å². The fourth-order valence-electron chi connectivity index (χ4n) is 1.89. The van der Waals surface area contributed by atoms with E-state index in [0.717, 1.165) is 11.8 Å². The molecule has 0 spiro atoms. The number of aromatic nitrogens is 2. The summed E-state index contributed by atoms with van der Waals surface area (Å²) in [6, 6.07) is 3.09. The lowest BCUT2D eigenvalue weighted by Gasteiger charge is -2.10. The van der Waals surface area contributed by atoms with Crippen LogP contribution < -0.4 is 5.73 Å². The van der Waals surface area contributed by atoms with Crippen molar-refractivity contribution in [1.82, 2.24) is 9.97 Å². The lowest BCUT2D eigenvalue weighted by atomic mass is 9.98. The Bertz CT molecular complexity index is 599. The Balaban J connectivity index is 2.64. The molecule has 2 heterocycles. The molecule has 1 amide bonds. The molecule has 0 fully saturated rings. The Kier molecular flexibility index (Phi) is 3.32. The van der Waals surface area contributed by atoms with Crippen molar-refractivity contribution in [3.8, 4) is 11.1 Å². The molecular formula is C13H12FN3O. The van der Waals surface area contributed by atoms with Gasteiger partial charge in [-0.25, -0.2) is 4.39 Å². The number of hydrogen-bond donors (Lipinski definition) is 1. The fourth-order valence-corrected chi connectivity index (χ4v) is 1.89. The van der Waals surface area contributed by atoms with E-state index < -0.39 is 11.7 Å². The van der Waals surface area contributed by atoms with Crippen LogP contribution in [0.15, 0.2) is 30.7 Å². The first kappa shape index (κ1) is 12.2. The van der Waals surface area contributed by atoms with Gasteiger partial charge >= 0.3 is 0 Å². The van der Waals surface area contributed by atoms with E-state index in [4.69, 9.17) is 5.73 Å². The monoisotopic (exact) mass is 245 g/mol. The zero-order valence-corrected chi connectivity index (χ0v) is 9.85.